The molecule has 0 amide bonds. The zero-order chi connectivity index (χ0) is 13.0. The van der Waals surface area contributed by atoms with Crippen LogP contribution >= 0.6 is 0 Å². The molecule has 1 aliphatic rings. The normalized spacial score (nSPS) is 19.9. The molecule has 0 fully saturated rings. The Labute approximate surface area is 109 Å². The Morgan fingerprint density at radius 2 is 2.39 bits per heavy atom. The number of phenols is 1. The molecule has 2 nitrogen and oxygen atoms in total. The zero-order valence-electron chi connectivity index (χ0n) is 10.9. The van der Waals surface area contributed by atoms with Crippen molar-refractivity contribution in [1.82, 2.24) is 5.32 Å². The van der Waals surface area contributed by atoms with Crippen LogP contribution in [0.4, 0.5) is 0 Å². The molecule has 2 atom stereocenters. The predicted octanol–water partition coefficient (Wildman–Crippen LogP) is 3.16. The first-order valence-corrected chi connectivity index (χ1v) is 6.76. The van der Waals surface area contributed by atoms with Crippen LogP contribution in [-0.2, 0) is 6.42 Å². The number of hydrogen-bond donors (Lipinski definition) is 2. The molecule has 1 aliphatic carbocycles. The molecule has 0 aliphatic heterocycles. The van der Waals surface area contributed by atoms with Crippen molar-refractivity contribution in [3.05, 3.63) is 29.3 Å². The van der Waals surface area contributed by atoms with Gasteiger partial charge in [0.2, 0.25) is 0 Å². The quantitative estimate of drug-likeness (QED) is 0.796. The molecule has 0 aromatic heterocycles. The van der Waals surface area contributed by atoms with Gasteiger partial charge in [-0.1, -0.05) is 13.0 Å². The third kappa shape index (κ3) is 2.86. The van der Waals surface area contributed by atoms with E-state index in [1.807, 2.05) is 12.1 Å². The van der Waals surface area contributed by atoms with Crippen LogP contribution in [0.2, 0.25) is 0 Å². The fraction of sp³-hybridized carbons (Fsp3) is 0.500. The number of aromatic hydroxyl groups is 1. The number of fused-ring (bicyclic) bond motifs is 1. The zero-order valence-corrected chi connectivity index (χ0v) is 10.9. The van der Waals surface area contributed by atoms with E-state index in [0.717, 1.165) is 25.7 Å². The van der Waals surface area contributed by atoms with E-state index in [0.29, 0.717) is 17.8 Å². The van der Waals surface area contributed by atoms with Crippen molar-refractivity contribution >= 4 is 0 Å². The lowest BCUT2D eigenvalue weighted by Crippen LogP contribution is -2.34. The summed E-state index contributed by atoms with van der Waals surface area (Å²) in [5.41, 5.74) is 2.60. The van der Waals surface area contributed by atoms with Crippen molar-refractivity contribution in [3.63, 3.8) is 0 Å². The van der Waals surface area contributed by atoms with E-state index in [2.05, 4.69) is 18.2 Å². The lowest BCUT2D eigenvalue weighted by Gasteiger charge is -2.29. The Hall–Kier alpha value is -1.46. The number of rotatable bonds is 4. The summed E-state index contributed by atoms with van der Waals surface area (Å²) in [5.74, 6) is 3.10. The number of benzene rings is 1. The van der Waals surface area contributed by atoms with Gasteiger partial charge in [0.1, 0.15) is 5.75 Å². The Bertz CT molecular complexity index is 447. The van der Waals surface area contributed by atoms with Gasteiger partial charge in [0.15, 0.2) is 0 Å². The lowest BCUT2D eigenvalue weighted by atomic mass is 9.87. The molecule has 0 saturated heterocycles. The Morgan fingerprint density at radius 3 is 3.11 bits per heavy atom. The summed E-state index contributed by atoms with van der Waals surface area (Å²) in [4.78, 5) is 0. The first-order chi connectivity index (χ1) is 8.74. The summed E-state index contributed by atoms with van der Waals surface area (Å²) in [6.45, 7) is 2.16. The first kappa shape index (κ1) is 13.0. The van der Waals surface area contributed by atoms with Gasteiger partial charge in [0, 0.05) is 18.5 Å². The standard InChI is InChI=1S/C16H21NO/c1-3-6-13(4-2)17-16-8-5-7-12-11-14(18)9-10-15(12)16/h1,9-11,13,16-18H,4-8H2,2H3. The van der Waals surface area contributed by atoms with Crippen LogP contribution in [0.3, 0.4) is 0 Å². The van der Waals surface area contributed by atoms with E-state index < -0.39 is 0 Å². The van der Waals surface area contributed by atoms with E-state index in [-0.39, 0.29) is 0 Å². The molecule has 0 heterocycles. The van der Waals surface area contributed by atoms with E-state index >= 15 is 0 Å². The molecule has 96 valence electrons. The third-order valence-electron chi connectivity index (χ3n) is 3.73. The molecule has 0 bridgehead atoms. The summed E-state index contributed by atoms with van der Waals surface area (Å²) in [5, 5.41) is 13.2. The highest BCUT2D eigenvalue weighted by Crippen LogP contribution is 2.32. The van der Waals surface area contributed by atoms with Crippen molar-refractivity contribution in [3.8, 4) is 18.1 Å². The minimum Gasteiger partial charge on any atom is -0.508 e. The average molecular weight is 243 g/mol. The maximum atomic E-state index is 9.54. The maximum Gasteiger partial charge on any atom is 0.115 e. The van der Waals surface area contributed by atoms with Crippen LogP contribution in [0.15, 0.2) is 18.2 Å². The molecule has 2 N–H and O–H groups in total. The number of hydrogen-bond acceptors (Lipinski definition) is 2. The summed E-state index contributed by atoms with van der Waals surface area (Å²) >= 11 is 0. The van der Waals surface area contributed by atoms with Crippen molar-refractivity contribution < 1.29 is 5.11 Å². The first-order valence-electron chi connectivity index (χ1n) is 6.76. The van der Waals surface area contributed by atoms with Gasteiger partial charge in [-0.25, -0.2) is 0 Å². The Balaban J connectivity index is 2.15. The highest BCUT2D eigenvalue weighted by atomic mass is 16.3. The van der Waals surface area contributed by atoms with Crippen molar-refractivity contribution in [1.29, 1.82) is 0 Å². The lowest BCUT2D eigenvalue weighted by molar-refractivity contribution is 0.388. The highest BCUT2D eigenvalue weighted by Gasteiger charge is 2.22. The molecule has 18 heavy (non-hydrogen) atoms. The molecular weight excluding hydrogens is 222 g/mol. The van der Waals surface area contributed by atoms with Gasteiger partial charge in [0.25, 0.3) is 0 Å². The molecule has 2 heteroatoms. The van der Waals surface area contributed by atoms with Gasteiger partial charge in [-0.3, -0.25) is 0 Å². The van der Waals surface area contributed by atoms with Crippen LogP contribution in [0.5, 0.6) is 5.75 Å². The van der Waals surface area contributed by atoms with E-state index in [9.17, 15) is 5.11 Å². The number of nitrogens with one attached hydrogen (secondary N) is 1. The Morgan fingerprint density at radius 1 is 1.56 bits per heavy atom. The minimum absolute atomic E-state index is 0.366. The molecule has 1 aromatic carbocycles. The topological polar surface area (TPSA) is 32.3 Å². The van der Waals surface area contributed by atoms with Gasteiger partial charge >= 0.3 is 0 Å². The molecular formula is C16H21NO. The summed E-state index contributed by atoms with van der Waals surface area (Å²) in [7, 11) is 0. The average Bonchev–Trinajstić information content (AvgIpc) is 2.38. The third-order valence-corrected chi connectivity index (χ3v) is 3.73. The van der Waals surface area contributed by atoms with Crippen LogP contribution in [0.1, 0.15) is 49.8 Å². The van der Waals surface area contributed by atoms with Crippen molar-refractivity contribution in [2.24, 2.45) is 0 Å². The molecule has 1 aromatic rings. The second-order valence-electron chi connectivity index (χ2n) is 5.01. The van der Waals surface area contributed by atoms with Gasteiger partial charge in [-0.15, -0.1) is 12.3 Å². The fourth-order valence-electron chi connectivity index (χ4n) is 2.72. The molecule has 2 rings (SSSR count). The van der Waals surface area contributed by atoms with Crippen LogP contribution in [0, 0.1) is 12.3 Å². The van der Waals surface area contributed by atoms with Crippen molar-refractivity contribution in [2.75, 3.05) is 0 Å². The second-order valence-corrected chi connectivity index (χ2v) is 5.01. The molecule has 0 radical (unpaired) electrons. The summed E-state index contributed by atoms with van der Waals surface area (Å²) < 4.78 is 0. The summed E-state index contributed by atoms with van der Waals surface area (Å²) in [6, 6.07) is 6.49. The van der Waals surface area contributed by atoms with Gasteiger partial charge in [0.05, 0.1) is 0 Å². The van der Waals surface area contributed by atoms with Gasteiger partial charge in [-0.05, 0) is 48.9 Å². The monoisotopic (exact) mass is 243 g/mol. The van der Waals surface area contributed by atoms with Crippen LogP contribution in [0.25, 0.3) is 0 Å². The largest absolute Gasteiger partial charge is 0.508 e. The van der Waals surface area contributed by atoms with Gasteiger partial charge in [-0.2, -0.15) is 0 Å². The minimum atomic E-state index is 0.366. The highest BCUT2D eigenvalue weighted by molar-refractivity contribution is 5.38. The predicted molar refractivity (Wildman–Crippen MR) is 74.5 cm³/mol. The fourth-order valence-corrected chi connectivity index (χ4v) is 2.72. The number of terminal acetylenes is 1. The molecule has 2 unspecified atom stereocenters. The van der Waals surface area contributed by atoms with Crippen LogP contribution in [-0.4, -0.2) is 11.1 Å². The number of aryl methyl sites for hydroxylation is 1. The second kappa shape index (κ2) is 5.93. The molecule has 0 saturated carbocycles. The smallest absolute Gasteiger partial charge is 0.115 e. The maximum absolute atomic E-state index is 9.54. The van der Waals surface area contributed by atoms with E-state index in [1.165, 1.54) is 17.5 Å². The summed E-state index contributed by atoms with van der Waals surface area (Å²) in [6.07, 6.45) is 10.6. The van der Waals surface area contributed by atoms with Crippen molar-refractivity contribution in [2.45, 2.75) is 51.1 Å². The van der Waals surface area contributed by atoms with Crippen LogP contribution < -0.4 is 5.32 Å². The van der Waals surface area contributed by atoms with Gasteiger partial charge < -0.3 is 10.4 Å². The van der Waals surface area contributed by atoms with E-state index in [1.54, 1.807) is 6.07 Å². The molecule has 0 spiro atoms. The SMILES string of the molecule is C#CCC(CC)NC1CCCc2cc(O)ccc21. The Kier molecular flexibility index (Phi) is 4.28. The number of phenolic OH excluding ortho intramolecular Hbond substituents is 1. The van der Waals surface area contributed by atoms with E-state index in [4.69, 9.17) is 6.42 Å².